The number of aliphatic hydroxyl groups is 1. The van der Waals surface area contributed by atoms with E-state index in [0.717, 1.165) is 16.7 Å². The lowest BCUT2D eigenvalue weighted by Gasteiger charge is -2.44. The van der Waals surface area contributed by atoms with Gasteiger partial charge in [0.15, 0.2) is 6.29 Å². The van der Waals surface area contributed by atoms with Gasteiger partial charge in [0.05, 0.1) is 19.8 Å². The number of benzene rings is 3. The minimum absolute atomic E-state index is 0.187. The van der Waals surface area contributed by atoms with Crippen molar-refractivity contribution >= 4 is 0 Å². The van der Waals surface area contributed by atoms with Gasteiger partial charge in [-0.15, -0.1) is 0 Å². The lowest BCUT2D eigenvalue weighted by atomic mass is 9.98. The first-order valence-electron chi connectivity index (χ1n) is 11.3. The van der Waals surface area contributed by atoms with Crippen LogP contribution < -0.4 is 0 Å². The van der Waals surface area contributed by atoms with Crippen LogP contribution in [-0.2, 0) is 43.7 Å². The first kappa shape index (κ1) is 24.5. The SMILES string of the molecule is OOC[C@H]1OC(O)[C@H](OCc2ccccc2)[C@@H](OCc2ccccc2)[C@@H]1OCc1ccccc1. The molecule has 2 N–H and O–H groups in total. The molecule has 1 aliphatic rings. The van der Waals surface area contributed by atoms with Crippen molar-refractivity contribution in [3.63, 3.8) is 0 Å². The molecule has 1 heterocycles. The summed E-state index contributed by atoms with van der Waals surface area (Å²) >= 11 is 0. The van der Waals surface area contributed by atoms with Gasteiger partial charge in [0.2, 0.25) is 0 Å². The largest absolute Gasteiger partial charge is 0.368 e. The minimum Gasteiger partial charge on any atom is -0.368 e. The molecule has 5 atom stereocenters. The summed E-state index contributed by atoms with van der Waals surface area (Å²) in [6, 6.07) is 29.1. The fourth-order valence-corrected chi connectivity index (χ4v) is 3.97. The van der Waals surface area contributed by atoms with Crippen LogP contribution in [0.5, 0.6) is 0 Å². The smallest absolute Gasteiger partial charge is 0.184 e. The predicted octanol–water partition coefficient (Wildman–Crippen LogP) is 3.95. The van der Waals surface area contributed by atoms with Gasteiger partial charge in [0, 0.05) is 0 Å². The summed E-state index contributed by atoms with van der Waals surface area (Å²) in [6.07, 6.45) is -4.22. The number of aliphatic hydroxyl groups excluding tert-OH is 1. The molecule has 0 bridgehead atoms. The van der Waals surface area contributed by atoms with E-state index < -0.39 is 30.7 Å². The molecule has 34 heavy (non-hydrogen) atoms. The summed E-state index contributed by atoms with van der Waals surface area (Å²) in [7, 11) is 0. The van der Waals surface area contributed by atoms with Crippen molar-refractivity contribution in [2.45, 2.75) is 50.5 Å². The van der Waals surface area contributed by atoms with Gasteiger partial charge < -0.3 is 24.1 Å². The second-order valence-corrected chi connectivity index (χ2v) is 8.14. The molecule has 7 nitrogen and oxygen atoms in total. The van der Waals surface area contributed by atoms with Crippen LogP contribution in [0.1, 0.15) is 16.7 Å². The molecule has 3 aromatic carbocycles. The molecule has 0 amide bonds. The number of hydrogen-bond acceptors (Lipinski definition) is 7. The van der Waals surface area contributed by atoms with Crippen molar-refractivity contribution in [3.8, 4) is 0 Å². The zero-order valence-electron chi connectivity index (χ0n) is 18.8. The highest BCUT2D eigenvalue weighted by molar-refractivity contribution is 5.15. The topological polar surface area (TPSA) is 86.6 Å². The van der Waals surface area contributed by atoms with E-state index in [1.54, 1.807) is 0 Å². The molecular weight excluding hydrogens is 436 g/mol. The standard InChI is InChI=1S/C27H30O7/c28-27-26(32-18-22-14-8-3-9-15-22)25(31-17-21-12-6-2-7-13-21)24(23(34-27)19-33-29)30-16-20-10-4-1-5-11-20/h1-15,23-29H,16-19H2/t23-,24-,25+,26-,27?/m1/s1. The van der Waals surface area contributed by atoms with Gasteiger partial charge in [-0.1, -0.05) is 91.0 Å². The van der Waals surface area contributed by atoms with E-state index >= 15 is 0 Å². The number of hydrogen-bond donors (Lipinski definition) is 2. The highest BCUT2D eigenvalue weighted by Crippen LogP contribution is 2.29. The van der Waals surface area contributed by atoms with E-state index in [1.165, 1.54) is 0 Å². The molecule has 0 aromatic heterocycles. The first-order valence-corrected chi connectivity index (χ1v) is 11.3. The van der Waals surface area contributed by atoms with Crippen LogP contribution in [0.3, 0.4) is 0 Å². The van der Waals surface area contributed by atoms with E-state index in [2.05, 4.69) is 4.89 Å². The lowest BCUT2D eigenvalue weighted by Crippen LogP contribution is -2.61. The fourth-order valence-electron chi connectivity index (χ4n) is 3.97. The van der Waals surface area contributed by atoms with Crippen molar-refractivity contribution in [1.82, 2.24) is 0 Å². The van der Waals surface area contributed by atoms with E-state index in [9.17, 15) is 5.11 Å². The highest BCUT2D eigenvalue weighted by Gasteiger charge is 2.48. The maximum atomic E-state index is 10.8. The van der Waals surface area contributed by atoms with Crippen LogP contribution >= 0.6 is 0 Å². The van der Waals surface area contributed by atoms with Gasteiger partial charge in [-0.25, -0.2) is 4.89 Å². The highest BCUT2D eigenvalue weighted by atomic mass is 17.1. The van der Waals surface area contributed by atoms with Crippen LogP contribution in [0.4, 0.5) is 0 Å². The van der Waals surface area contributed by atoms with E-state index in [0.29, 0.717) is 13.2 Å². The molecule has 0 spiro atoms. The predicted molar refractivity (Wildman–Crippen MR) is 125 cm³/mol. The summed E-state index contributed by atoms with van der Waals surface area (Å²) in [5.74, 6) is 0. The minimum atomic E-state index is -1.29. The van der Waals surface area contributed by atoms with Gasteiger partial charge >= 0.3 is 0 Å². The quantitative estimate of drug-likeness (QED) is 0.327. The normalized spacial score (nSPS) is 24.7. The van der Waals surface area contributed by atoms with Crippen molar-refractivity contribution in [3.05, 3.63) is 108 Å². The Balaban J connectivity index is 1.55. The molecule has 180 valence electrons. The van der Waals surface area contributed by atoms with Crippen LogP contribution in [0.25, 0.3) is 0 Å². The van der Waals surface area contributed by atoms with E-state index in [1.807, 2.05) is 91.0 Å². The summed E-state index contributed by atoms with van der Waals surface area (Å²) in [6.45, 7) is 0.668. The summed E-state index contributed by atoms with van der Waals surface area (Å²) in [5.41, 5.74) is 2.90. The Bertz CT molecular complexity index is 954. The molecule has 3 aromatic rings. The van der Waals surface area contributed by atoms with Crippen LogP contribution in [-0.4, -0.2) is 47.7 Å². The van der Waals surface area contributed by atoms with Gasteiger partial charge in [0.1, 0.15) is 31.0 Å². The Morgan fingerprint density at radius 2 is 1.00 bits per heavy atom. The van der Waals surface area contributed by atoms with Gasteiger partial charge in [-0.2, -0.15) is 0 Å². The molecule has 0 radical (unpaired) electrons. The van der Waals surface area contributed by atoms with Crippen molar-refractivity contribution < 1.29 is 34.2 Å². The average molecular weight is 467 g/mol. The van der Waals surface area contributed by atoms with E-state index in [4.69, 9.17) is 24.2 Å². The van der Waals surface area contributed by atoms with Crippen LogP contribution in [0.2, 0.25) is 0 Å². The summed E-state index contributed by atoms with van der Waals surface area (Å²) < 4.78 is 24.4. The monoisotopic (exact) mass is 466 g/mol. The second-order valence-electron chi connectivity index (χ2n) is 8.14. The van der Waals surface area contributed by atoms with Crippen molar-refractivity contribution in [2.24, 2.45) is 0 Å². The average Bonchev–Trinajstić information content (AvgIpc) is 2.88. The zero-order chi connectivity index (χ0) is 23.6. The van der Waals surface area contributed by atoms with Gasteiger partial charge in [-0.05, 0) is 16.7 Å². The van der Waals surface area contributed by atoms with Crippen molar-refractivity contribution in [1.29, 1.82) is 0 Å². The molecule has 7 heteroatoms. The van der Waals surface area contributed by atoms with Crippen LogP contribution in [0.15, 0.2) is 91.0 Å². The maximum absolute atomic E-state index is 10.8. The summed E-state index contributed by atoms with van der Waals surface area (Å²) in [4.78, 5) is 4.38. The van der Waals surface area contributed by atoms with Gasteiger partial charge in [-0.3, -0.25) is 5.26 Å². The molecule has 1 unspecified atom stereocenters. The molecule has 0 saturated carbocycles. The molecule has 1 fully saturated rings. The molecule has 4 rings (SSSR count). The maximum Gasteiger partial charge on any atom is 0.184 e. The van der Waals surface area contributed by atoms with Crippen molar-refractivity contribution in [2.75, 3.05) is 6.61 Å². The lowest BCUT2D eigenvalue weighted by molar-refractivity contribution is -0.341. The number of rotatable bonds is 11. The zero-order valence-corrected chi connectivity index (χ0v) is 18.8. The Labute approximate surface area is 199 Å². The Morgan fingerprint density at radius 1 is 0.588 bits per heavy atom. The molecular formula is C27H30O7. The Hall–Kier alpha value is -2.62. The molecule has 1 aliphatic heterocycles. The third-order valence-corrected chi connectivity index (χ3v) is 5.70. The Morgan fingerprint density at radius 3 is 1.44 bits per heavy atom. The third-order valence-electron chi connectivity index (χ3n) is 5.70. The third kappa shape index (κ3) is 6.71. The van der Waals surface area contributed by atoms with E-state index in [-0.39, 0.29) is 13.2 Å². The second kappa shape index (κ2) is 12.7. The van der Waals surface area contributed by atoms with Crippen LogP contribution in [0, 0.1) is 0 Å². The molecule has 0 aliphatic carbocycles. The number of ether oxygens (including phenoxy) is 4. The first-order chi connectivity index (χ1) is 16.7. The van der Waals surface area contributed by atoms with Gasteiger partial charge in [0.25, 0.3) is 0 Å². The summed E-state index contributed by atoms with van der Waals surface area (Å²) in [5, 5.41) is 19.9. The fraction of sp³-hybridized carbons (Fsp3) is 0.333. The Kier molecular flexibility index (Phi) is 9.18. The molecule has 1 saturated heterocycles.